The molecule has 0 atom stereocenters. The maximum absolute atomic E-state index is 11.3. The van der Waals surface area contributed by atoms with E-state index < -0.39 is 5.97 Å². The van der Waals surface area contributed by atoms with Crippen molar-refractivity contribution >= 4 is 16.9 Å². The number of benzene rings is 2. The number of aromatic hydroxyl groups is 1. The molecule has 0 spiro atoms. The Kier molecular flexibility index (Phi) is 3.42. The summed E-state index contributed by atoms with van der Waals surface area (Å²) >= 11 is 0. The van der Waals surface area contributed by atoms with Gasteiger partial charge >= 0.3 is 5.97 Å². The summed E-state index contributed by atoms with van der Waals surface area (Å²) in [7, 11) is 1.44. The SMILES string of the molecule is COc1cc(-c2oc3cc4c(cc3c2CC(=O)O)OCO4)ccc1O. The fraction of sp³-hybridized carbons (Fsp3) is 0.167. The van der Waals surface area contributed by atoms with Gasteiger partial charge in [0, 0.05) is 22.6 Å². The van der Waals surface area contributed by atoms with E-state index in [-0.39, 0.29) is 24.7 Å². The Morgan fingerprint density at radius 3 is 2.68 bits per heavy atom. The summed E-state index contributed by atoms with van der Waals surface area (Å²) in [4.78, 5) is 11.3. The van der Waals surface area contributed by atoms with E-state index in [1.54, 1.807) is 24.3 Å². The Morgan fingerprint density at radius 1 is 1.20 bits per heavy atom. The number of ether oxygens (including phenoxy) is 3. The van der Waals surface area contributed by atoms with Crippen LogP contribution >= 0.6 is 0 Å². The lowest BCUT2D eigenvalue weighted by Gasteiger charge is -2.06. The van der Waals surface area contributed by atoms with Gasteiger partial charge in [0.05, 0.1) is 13.5 Å². The van der Waals surface area contributed by atoms with Gasteiger partial charge in [0.15, 0.2) is 23.0 Å². The minimum atomic E-state index is -0.979. The van der Waals surface area contributed by atoms with Crippen molar-refractivity contribution in [3.8, 4) is 34.3 Å². The van der Waals surface area contributed by atoms with Crippen LogP contribution < -0.4 is 14.2 Å². The van der Waals surface area contributed by atoms with Crippen LogP contribution in [0, 0.1) is 0 Å². The average molecular weight is 342 g/mol. The number of fused-ring (bicyclic) bond motifs is 2. The number of carboxylic acids is 1. The zero-order valence-electron chi connectivity index (χ0n) is 13.2. The molecular weight excluding hydrogens is 328 g/mol. The molecule has 0 fully saturated rings. The minimum Gasteiger partial charge on any atom is -0.504 e. The third kappa shape index (κ3) is 2.50. The van der Waals surface area contributed by atoms with Crippen molar-refractivity contribution < 1.29 is 33.6 Å². The van der Waals surface area contributed by atoms with E-state index in [1.165, 1.54) is 13.2 Å². The first kappa shape index (κ1) is 15.2. The molecule has 128 valence electrons. The number of hydrogen-bond donors (Lipinski definition) is 2. The molecule has 1 aromatic heterocycles. The number of hydrogen-bond acceptors (Lipinski definition) is 6. The number of phenolic OH excluding ortho intramolecular Hbond substituents is 1. The average Bonchev–Trinajstić information content (AvgIpc) is 3.17. The van der Waals surface area contributed by atoms with E-state index in [9.17, 15) is 15.0 Å². The normalized spacial score (nSPS) is 12.5. The topological polar surface area (TPSA) is 98.4 Å². The summed E-state index contributed by atoms with van der Waals surface area (Å²) in [6.07, 6.45) is -0.217. The maximum Gasteiger partial charge on any atom is 0.307 e. The summed E-state index contributed by atoms with van der Waals surface area (Å²) < 4.78 is 21.7. The number of carboxylic acid groups (broad SMARTS) is 1. The Balaban J connectivity index is 1.94. The van der Waals surface area contributed by atoms with Crippen LogP contribution in [-0.2, 0) is 11.2 Å². The second kappa shape index (κ2) is 5.62. The summed E-state index contributed by atoms with van der Waals surface area (Å²) in [5.41, 5.74) is 1.63. The Bertz CT molecular complexity index is 987. The van der Waals surface area contributed by atoms with Crippen LogP contribution in [0.5, 0.6) is 23.0 Å². The molecule has 3 aromatic rings. The molecule has 0 unspecified atom stereocenters. The highest BCUT2D eigenvalue weighted by Gasteiger charge is 2.23. The fourth-order valence-corrected chi connectivity index (χ4v) is 2.92. The smallest absolute Gasteiger partial charge is 0.307 e. The zero-order chi connectivity index (χ0) is 17.6. The van der Waals surface area contributed by atoms with Gasteiger partial charge in [-0.2, -0.15) is 0 Å². The molecule has 0 saturated carbocycles. The molecule has 7 heteroatoms. The van der Waals surface area contributed by atoms with Gasteiger partial charge in [0.1, 0.15) is 11.3 Å². The molecule has 1 aliphatic rings. The number of furan rings is 1. The highest BCUT2D eigenvalue weighted by Crippen LogP contribution is 2.43. The number of rotatable bonds is 4. The predicted octanol–water partition coefficient (Wildman–Crippen LogP) is 3.17. The molecule has 25 heavy (non-hydrogen) atoms. The standard InChI is InChI=1S/C18H14O7/c1-22-14-4-9(2-3-12(14)19)18-11(6-17(20)21)10-5-15-16(24-8-23-15)7-13(10)25-18/h2-5,7,19H,6,8H2,1H3,(H,20,21). The van der Waals surface area contributed by atoms with E-state index in [4.69, 9.17) is 18.6 Å². The van der Waals surface area contributed by atoms with Crippen molar-refractivity contribution in [2.75, 3.05) is 13.9 Å². The number of aliphatic carboxylic acids is 1. The van der Waals surface area contributed by atoms with Gasteiger partial charge in [-0.25, -0.2) is 0 Å². The molecule has 2 aromatic carbocycles. The van der Waals surface area contributed by atoms with Crippen molar-refractivity contribution in [3.05, 3.63) is 35.9 Å². The Hall–Kier alpha value is -3.35. The van der Waals surface area contributed by atoms with Gasteiger partial charge in [0.25, 0.3) is 0 Å². The monoisotopic (exact) mass is 342 g/mol. The van der Waals surface area contributed by atoms with Gasteiger partial charge in [0.2, 0.25) is 6.79 Å². The first-order valence-corrected chi connectivity index (χ1v) is 7.51. The van der Waals surface area contributed by atoms with Gasteiger partial charge < -0.3 is 28.8 Å². The highest BCUT2D eigenvalue weighted by molar-refractivity contribution is 5.93. The molecular formula is C18H14O7. The van der Waals surface area contributed by atoms with Gasteiger partial charge in [-0.15, -0.1) is 0 Å². The second-order valence-corrected chi connectivity index (χ2v) is 5.57. The van der Waals surface area contributed by atoms with E-state index in [0.717, 1.165) is 0 Å². The van der Waals surface area contributed by atoms with Crippen LogP contribution in [0.2, 0.25) is 0 Å². The summed E-state index contributed by atoms with van der Waals surface area (Å²) in [6.45, 7) is 0.123. The van der Waals surface area contributed by atoms with Crippen molar-refractivity contribution in [2.45, 2.75) is 6.42 Å². The third-order valence-electron chi connectivity index (χ3n) is 4.06. The van der Waals surface area contributed by atoms with E-state index in [1.807, 2.05) is 0 Å². The quantitative estimate of drug-likeness (QED) is 0.751. The van der Waals surface area contributed by atoms with E-state index >= 15 is 0 Å². The largest absolute Gasteiger partial charge is 0.504 e. The third-order valence-corrected chi connectivity index (χ3v) is 4.06. The van der Waals surface area contributed by atoms with Crippen molar-refractivity contribution in [3.63, 3.8) is 0 Å². The maximum atomic E-state index is 11.3. The van der Waals surface area contributed by atoms with Crippen LogP contribution in [0.3, 0.4) is 0 Å². The van der Waals surface area contributed by atoms with E-state index in [0.29, 0.717) is 39.4 Å². The number of phenols is 1. The Morgan fingerprint density at radius 2 is 1.96 bits per heavy atom. The minimum absolute atomic E-state index is 0.0112. The highest BCUT2D eigenvalue weighted by atomic mass is 16.7. The van der Waals surface area contributed by atoms with Crippen molar-refractivity contribution in [1.82, 2.24) is 0 Å². The molecule has 0 bridgehead atoms. The molecule has 0 aliphatic carbocycles. The van der Waals surface area contributed by atoms with Crippen LogP contribution in [0.25, 0.3) is 22.3 Å². The zero-order valence-corrected chi connectivity index (χ0v) is 13.2. The molecule has 0 amide bonds. The second-order valence-electron chi connectivity index (χ2n) is 5.57. The molecule has 0 radical (unpaired) electrons. The lowest BCUT2D eigenvalue weighted by atomic mass is 10.0. The van der Waals surface area contributed by atoms with Crippen LogP contribution in [0.4, 0.5) is 0 Å². The molecule has 0 saturated heterocycles. The van der Waals surface area contributed by atoms with Gasteiger partial charge in [-0.05, 0) is 24.3 Å². The lowest BCUT2D eigenvalue weighted by molar-refractivity contribution is -0.136. The van der Waals surface area contributed by atoms with Crippen molar-refractivity contribution in [1.29, 1.82) is 0 Å². The summed E-state index contributed by atoms with van der Waals surface area (Å²) in [5.74, 6) is 0.788. The molecule has 2 heterocycles. The van der Waals surface area contributed by atoms with Crippen LogP contribution in [-0.4, -0.2) is 30.1 Å². The van der Waals surface area contributed by atoms with Gasteiger partial charge in [-0.1, -0.05) is 0 Å². The molecule has 2 N–H and O–H groups in total. The Labute approximate surface area is 142 Å². The summed E-state index contributed by atoms with van der Waals surface area (Å²) in [6, 6.07) is 8.11. The summed E-state index contributed by atoms with van der Waals surface area (Å²) in [5, 5.41) is 19.7. The lowest BCUT2D eigenvalue weighted by Crippen LogP contribution is -2.00. The fourth-order valence-electron chi connectivity index (χ4n) is 2.92. The van der Waals surface area contributed by atoms with Crippen molar-refractivity contribution in [2.24, 2.45) is 0 Å². The first-order valence-electron chi connectivity index (χ1n) is 7.51. The molecule has 7 nitrogen and oxygen atoms in total. The number of methoxy groups -OCH3 is 1. The number of carbonyl (C=O) groups is 1. The van der Waals surface area contributed by atoms with Gasteiger partial charge in [-0.3, -0.25) is 4.79 Å². The molecule has 4 rings (SSSR count). The van der Waals surface area contributed by atoms with Crippen LogP contribution in [0.15, 0.2) is 34.7 Å². The predicted molar refractivity (Wildman–Crippen MR) is 87.3 cm³/mol. The van der Waals surface area contributed by atoms with E-state index in [2.05, 4.69) is 0 Å². The molecule has 1 aliphatic heterocycles. The first-order chi connectivity index (χ1) is 12.1. The van der Waals surface area contributed by atoms with Crippen LogP contribution in [0.1, 0.15) is 5.56 Å².